The van der Waals surface area contributed by atoms with E-state index >= 15 is 0 Å². The zero-order chi connectivity index (χ0) is 7.98. The van der Waals surface area contributed by atoms with E-state index in [1.807, 2.05) is 7.05 Å². The first-order chi connectivity index (χ1) is 4.74. The van der Waals surface area contributed by atoms with E-state index in [0.717, 1.165) is 13.1 Å². The first kappa shape index (κ1) is 9.85. The van der Waals surface area contributed by atoms with E-state index in [0.29, 0.717) is 0 Å². The summed E-state index contributed by atoms with van der Waals surface area (Å²) < 4.78 is 12.1. The van der Waals surface area contributed by atoms with Crippen LogP contribution in [0.4, 0.5) is 4.39 Å². The van der Waals surface area contributed by atoms with E-state index in [4.69, 9.17) is 0 Å². The molecule has 0 saturated carbocycles. The van der Waals surface area contributed by atoms with Crippen molar-refractivity contribution in [3.63, 3.8) is 0 Å². The quantitative estimate of drug-likeness (QED) is 0.610. The van der Waals surface area contributed by atoms with Gasteiger partial charge in [0.2, 0.25) is 0 Å². The molecule has 1 atom stereocenters. The van der Waals surface area contributed by atoms with Crippen LogP contribution in [0.3, 0.4) is 0 Å². The van der Waals surface area contributed by atoms with Crippen molar-refractivity contribution in [1.82, 2.24) is 10.2 Å². The van der Waals surface area contributed by atoms with Gasteiger partial charge >= 0.3 is 0 Å². The molecule has 0 aliphatic carbocycles. The molecule has 0 aliphatic rings. The molecule has 0 saturated heterocycles. The third kappa shape index (κ3) is 3.80. The van der Waals surface area contributed by atoms with Crippen LogP contribution in [-0.4, -0.2) is 44.8 Å². The first-order valence-electron chi connectivity index (χ1n) is 3.66. The molecule has 3 heteroatoms. The Balaban J connectivity index is 3.41. The van der Waals surface area contributed by atoms with Crippen molar-refractivity contribution >= 4 is 0 Å². The lowest BCUT2D eigenvalue weighted by molar-refractivity contribution is 0.274. The molecule has 0 aliphatic heterocycles. The summed E-state index contributed by atoms with van der Waals surface area (Å²) in [6.07, 6.45) is 0. The van der Waals surface area contributed by atoms with Gasteiger partial charge in [-0.15, -0.1) is 0 Å². The smallest absolute Gasteiger partial charge is 0.106 e. The van der Waals surface area contributed by atoms with Gasteiger partial charge < -0.3 is 10.2 Å². The van der Waals surface area contributed by atoms with Crippen LogP contribution in [0.2, 0.25) is 0 Å². The molecule has 0 radical (unpaired) electrons. The Bertz CT molecular complexity index is 74.0. The summed E-state index contributed by atoms with van der Waals surface area (Å²) in [5, 5.41) is 2.90. The summed E-state index contributed by atoms with van der Waals surface area (Å²) in [7, 11) is 3.77. The fourth-order valence-electron chi connectivity index (χ4n) is 0.723. The molecule has 0 aromatic heterocycles. The van der Waals surface area contributed by atoms with Gasteiger partial charge in [0.1, 0.15) is 6.67 Å². The van der Waals surface area contributed by atoms with Crippen LogP contribution in [0.5, 0.6) is 0 Å². The minimum absolute atomic E-state index is 0.00931. The molecule has 0 bridgehead atoms. The average molecular weight is 148 g/mol. The maximum Gasteiger partial charge on any atom is 0.106 e. The highest BCUT2D eigenvalue weighted by atomic mass is 19.1. The van der Waals surface area contributed by atoms with Crippen LogP contribution in [0.15, 0.2) is 0 Å². The zero-order valence-corrected chi connectivity index (χ0v) is 7.02. The van der Waals surface area contributed by atoms with Crippen molar-refractivity contribution in [1.29, 1.82) is 0 Å². The topological polar surface area (TPSA) is 15.3 Å². The monoisotopic (exact) mass is 148 g/mol. The van der Waals surface area contributed by atoms with Gasteiger partial charge in [-0.25, -0.2) is 4.39 Å². The van der Waals surface area contributed by atoms with E-state index in [1.54, 1.807) is 7.05 Å². The predicted molar refractivity (Wildman–Crippen MR) is 42.0 cm³/mol. The van der Waals surface area contributed by atoms with E-state index < -0.39 is 0 Å². The molecule has 62 valence electrons. The highest BCUT2D eigenvalue weighted by molar-refractivity contribution is 4.66. The second kappa shape index (κ2) is 5.62. The number of nitrogens with zero attached hydrogens (tertiary/aromatic N) is 1. The van der Waals surface area contributed by atoms with Gasteiger partial charge in [0.15, 0.2) is 0 Å². The molecule has 0 amide bonds. The fraction of sp³-hybridized carbons (Fsp3) is 1.00. The van der Waals surface area contributed by atoms with Crippen LogP contribution >= 0.6 is 0 Å². The summed E-state index contributed by atoms with van der Waals surface area (Å²) in [4.78, 5) is 2.08. The standard InChI is InChI=1S/C7H17FN2/c1-4-10(3)6-7(5-8)9-2/h7,9H,4-6H2,1-3H3. The van der Waals surface area contributed by atoms with E-state index in [1.165, 1.54) is 0 Å². The van der Waals surface area contributed by atoms with Gasteiger partial charge in [0.05, 0.1) is 0 Å². The van der Waals surface area contributed by atoms with Gasteiger partial charge in [0.25, 0.3) is 0 Å². The van der Waals surface area contributed by atoms with Gasteiger partial charge in [-0.1, -0.05) is 6.92 Å². The Labute approximate surface area is 62.4 Å². The molecule has 1 N–H and O–H groups in total. The van der Waals surface area contributed by atoms with Crippen molar-refractivity contribution in [2.24, 2.45) is 0 Å². The third-order valence-corrected chi connectivity index (χ3v) is 1.67. The number of halogens is 1. The Hall–Kier alpha value is -0.150. The fourth-order valence-corrected chi connectivity index (χ4v) is 0.723. The predicted octanol–water partition coefficient (Wildman–Crippen LogP) is 0.496. The molecular weight excluding hydrogens is 131 g/mol. The minimum atomic E-state index is -0.291. The molecule has 0 aromatic carbocycles. The molecule has 0 heterocycles. The summed E-state index contributed by atoms with van der Waals surface area (Å²) in [6.45, 7) is 3.52. The SMILES string of the molecule is CCN(C)CC(CF)NC. The summed E-state index contributed by atoms with van der Waals surface area (Å²) in [5.74, 6) is 0. The van der Waals surface area contributed by atoms with Crippen LogP contribution in [0.25, 0.3) is 0 Å². The number of hydrogen-bond acceptors (Lipinski definition) is 2. The number of alkyl halides is 1. The number of likely N-dealkylation sites (N-methyl/N-ethyl adjacent to an activating group) is 2. The van der Waals surface area contributed by atoms with Crippen molar-refractivity contribution in [3.8, 4) is 0 Å². The number of rotatable bonds is 5. The Kier molecular flexibility index (Phi) is 5.54. The normalized spacial score (nSPS) is 14.1. The lowest BCUT2D eigenvalue weighted by atomic mass is 10.3. The minimum Gasteiger partial charge on any atom is -0.313 e. The largest absolute Gasteiger partial charge is 0.313 e. The highest BCUT2D eigenvalue weighted by Gasteiger charge is 2.06. The van der Waals surface area contributed by atoms with Gasteiger partial charge in [-0.3, -0.25) is 0 Å². The van der Waals surface area contributed by atoms with Gasteiger partial charge in [-0.2, -0.15) is 0 Å². The van der Waals surface area contributed by atoms with Crippen LogP contribution < -0.4 is 5.32 Å². The van der Waals surface area contributed by atoms with E-state index in [9.17, 15) is 4.39 Å². The molecule has 0 fully saturated rings. The number of nitrogens with one attached hydrogen (secondary N) is 1. The maximum atomic E-state index is 12.1. The first-order valence-corrected chi connectivity index (χ1v) is 3.66. The molecular formula is C7H17FN2. The van der Waals surface area contributed by atoms with Crippen molar-refractivity contribution in [2.45, 2.75) is 13.0 Å². The Morgan fingerprint density at radius 3 is 2.50 bits per heavy atom. The summed E-state index contributed by atoms with van der Waals surface area (Å²) >= 11 is 0. The molecule has 2 nitrogen and oxygen atoms in total. The highest BCUT2D eigenvalue weighted by Crippen LogP contribution is 1.88. The van der Waals surface area contributed by atoms with Crippen molar-refractivity contribution in [2.75, 3.05) is 33.9 Å². The van der Waals surface area contributed by atoms with E-state index in [2.05, 4.69) is 17.1 Å². The lowest BCUT2D eigenvalue weighted by Crippen LogP contribution is -2.39. The van der Waals surface area contributed by atoms with Crippen LogP contribution in [0.1, 0.15) is 6.92 Å². The van der Waals surface area contributed by atoms with Crippen molar-refractivity contribution < 1.29 is 4.39 Å². The Morgan fingerprint density at radius 2 is 2.20 bits per heavy atom. The zero-order valence-electron chi connectivity index (χ0n) is 7.02. The second-order valence-corrected chi connectivity index (χ2v) is 2.49. The average Bonchev–Trinajstić information content (AvgIpc) is 1.99. The van der Waals surface area contributed by atoms with E-state index in [-0.39, 0.29) is 12.7 Å². The van der Waals surface area contributed by atoms with Gasteiger partial charge in [0, 0.05) is 12.6 Å². The molecule has 10 heavy (non-hydrogen) atoms. The maximum absolute atomic E-state index is 12.1. The number of hydrogen-bond donors (Lipinski definition) is 1. The molecule has 0 spiro atoms. The summed E-state index contributed by atoms with van der Waals surface area (Å²) in [5.41, 5.74) is 0. The van der Waals surface area contributed by atoms with Crippen LogP contribution in [-0.2, 0) is 0 Å². The summed E-state index contributed by atoms with van der Waals surface area (Å²) in [6, 6.07) is -0.00931. The van der Waals surface area contributed by atoms with Gasteiger partial charge in [-0.05, 0) is 20.6 Å². The molecule has 1 unspecified atom stereocenters. The third-order valence-electron chi connectivity index (χ3n) is 1.67. The van der Waals surface area contributed by atoms with Crippen LogP contribution in [0, 0.1) is 0 Å². The molecule has 0 aromatic rings. The molecule has 0 rings (SSSR count). The Morgan fingerprint density at radius 1 is 1.60 bits per heavy atom. The lowest BCUT2D eigenvalue weighted by Gasteiger charge is -2.19. The second-order valence-electron chi connectivity index (χ2n) is 2.49. The van der Waals surface area contributed by atoms with Crippen molar-refractivity contribution in [3.05, 3.63) is 0 Å².